The standard InChI is InChI=1S/C59H76O9/c1-34(61)36-26-37-29-41-35(27-39(37)40(28-36)44(62)11-9-25-68-5)12-20-54-21-14-46-52(3,49(65)32-60)48(64)16-23-57(41,46)50(54)45(63)30-42-43-31-51(2)17-6-7-19-56(66)22-15-47(53(42,54)4)58(67)24-13-38-10-8-18-55(38,33-51)59(43,56)58/h13,24,26-30,34-35,38,41,43,46-50,60-61,64-67H,6,8-12,14-18,20-23,25,31-33H2,1-5H3. The number of Topliss-reactive ketones (excluding diaryl/α,β-unsaturated/α-hetero) is 1. The smallest absolute Gasteiger partial charge is 0.163 e. The summed E-state index contributed by atoms with van der Waals surface area (Å²) in [5.74, 6) is 5.62. The van der Waals surface area contributed by atoms with Crippen molar-refractivity contribution in [3.8, 4) is 11.8 Å². The largest absolute Gasteiger partial charge is 0.394 e. The number of fused-ring (bicyclic) bond motifs is 6. The van der Waals surface area contributed by atoms with Gasteiger partial charge >= 0.3 is 0 Å². The molecular formula is C59H76O9. The maximum absolute atomic E-state index is 16.6. The van der Waals surface area contributed by atoms with E-state index in [1.165, 1.54) is 0 Å². The van der Waals surface area contributed by atoms with Crippen LogP contribution in [-0.4, -0.2) is 85.9 Å². The number of allylic oxidation sites excluding steroid dienone is 3. The predicted octanol–water partition coefficient (Wildman–Crippen LogP) is 6.42. The molecule has 12 aliphatic rings. The van der Waals surface area contributed by atoms with Crippen LogP contribution in [0, 0.1) is 91.2 Å². The third-order valence-corrected chi connectivity index (χ3v) is 23.6. The monoisotopic (exact) mass is 929 g/mol. The van der Waals surface area contributed by atoms with Gasteiger partial charge in [-0.15, -0.1) is 5.92 Å². The molecule has 0 aromatic heterocycles. The minimum Gasteiger partial charge on any atom is -0.394 e. The summed E-state index contributed by atoms with van der Waals surface area (Å²) in [5.41, 5.74) is -5.12. The second-order valence-corrected chi connectivity index (χ2v) is 25.6. The van der Waals surface area contributed by atoms with Gasteiger partial charge < -0.3 is 35.4 Å². The zero-order valence-corrected chi connectivity index (χ0v) is 41.2. The van der Waals surface area contributed by atoms with Gasteiger partial charge in [0.2, 0.25) is 0 Å². The Bertz CT molecular complexity index is 2620. The van der Waals surface area contributed by atoms with Gasteiger partial charge in [-0.25, -0.2) is 0 Å². The van der Waals surface area contributed by atoms with Crippen molar-refractivity contribution in [1.82, 2.24) is 0 Å². The molecular weight excluding hydrogens is 853 g/mol. The molecule has 3 spiro atoms. The summed E-state index contributed by atoms with van der Waals surface area (Å²) in [7, 11) is 1.64. The zero-order valence-electron chi connectivity index (χ0n) is 41.2. The van der Waals surface area contributed by atoms with Crippen LogP contribution < -0.4 is 10.4 Å². The molecule has 0 radical (unpaired) electrons. The topological polar surface area (TPSA) is 165 Å². The van der Waals surface area contributed by atoms with E-state index < -0.39 is 69.1 Å². The molecule has 12 aliphatic carbocycles. The molecule has 19 atom stereocenters. The van der Waals surface area contributed by atoms with E-state index in [-0.39, 0.29) is 57.9 Å². The third-order valence-electron chi connectivity index (χ3n) is 23.6. The first-order valence-corrected chi connectivity index (χ1v) is 26.8. The Morgan fingerprint density at radius 2 is 1.72 bits per heavy atom. The molecule has 1 aromatic carbocycles. The normalized spacial score (nSPS) is 50.5. The highest BCUT2D eigenvalue weighted by Gasteiger charge is 2.89. The van der Waals surface area contributed by atoms with Crippen LogP contribution in [0.3, 0.4) is 0 Å². The molecule has 7 saturated carbocycles. The number of carbonyl (C=O) groups excluding carboxylic acids is 2. The van der Waals surface area contributed by atoms with Gasteiger partial charge in [0, 0.05) is 54.8 Å². The molecule has 5 bridgehead atoms. The second kappa shape index (κ2) is 14.8. The summed E-state index contributed by atoms with van der Waals surface area (Å²) < 4.78 is 5.33. The van der Waals surface area contributed by atoms with Crippen molar-refractivity contribution in [2.24, 2.45) is 79.3 Å². The van der Waals surface area contributed by atoms with Crippen LogP contribution in [0.1, 0.15) is 159 Å². The lowest BCUT2D eigenvalue weighted by Gasteiger charge is -2.82. The molecule has 19 unspecified atom stereocenters. The quantitative estimate of drug-likeness (QED) is 0.0748. The molecule has 0 saturated heterocycles. The van der Waals surface area contributed by atoms with E-state index in [0.29, 0.717) is 75.5 Å². The molecule has 0 aliphatic heterocycles. The summed E-state index contributed by atoms with van der Waals surface area (Å²) in [6.07, 6.45) is 20.2. The van der Waals surface area contributed by atoms with E-state index in [2.05, 4.69) is 56.1 Å². The molecule has 0 amide bonds. The Hall–Kier alpha value is -2.94. The van der Waals surface area contributed by atoms with Gasteiger partial charge in [0.05, 0.1) is 35.9 Å². The van der Waals surface area contributed by atoms with Crippen LogP contribution in [0.2, 0.25) is 0 Å². The number of hydrogen-bond donors (Lipinski definition) is 6. The average Bonchev–Trinajstić information content (AvgIpc) is 3.72. The number of aliphatic hydroxyl groups is 6. The minimum absolute atomic E-state index is 0.00246. The van der Waals surface area contributed by atoms with E-state index in [1.54, 1.807) is 14.0 Å². The van der Waals surface area contributed by atoms with Crippen molar-refractivity contribution in [3.05, 3.63) is 57.5 Å². The van der Waals surface area contributed by atoms with E-state index in [9.17, 15) is 35.4 Å². The number of methoxy groups -OCH3 is 1. The van der Waals surface area contributed by atoms with Crippen LogP contribution in [0.15, 0.2) is 35.9 Å². The first-order chi connectivity index (χ1) is 32.3. The van der Waals surface area contributed by atoms with Crippen molar-refractivity contribution in [2.75, 3.05) is 20.3 Å². The van der Waals surface area contributed by atoms with Gasteiger partial charge in [0.15, 0.2) is 11.6 Å². The molecule has 9 heteroatoms. The van der Waals surface area contributed by atoms with Crippen molar-refractivity contribution < 1.29 is 45.0 Å². The summed E-state index contributed by atoms with van der Waals surface area (Å²) in [4.78, 5) is 30.9. The molecule has 6 N–H and O–H groups in total. The highest BCUT2D eigenvalue weighted by molar-refractivity contribution is 5.97. The number of ether oxygens (including phenoxy) is 1. The molecule has 7 fully saturated rings. The molecule has 9 nitrogen and oxygen atoms in total. The Labute approximate surface area is 402 Å². The fourth-order valence-corrected chi connectivity index (χ4v) is 21.4. The fraction of sp³-hybridized carbons (Fsp3) is 0.729. The van der Waals surface area contributed by atoms with Crippen LogP contribution in [0.4, 0.5) is 0 Å². The third kappa shape index (κ3) is 5.15. The summed E-state index contributed by atoms with van der Waals surface area (Å²) in [5, 5.41) is 76.3. The van der Waals surface area contributed by atoms with Crippen molar-refractivity contribution in [3.63, 3.8) is 0 Å². The summed E-state index contributed by atoms with van der Waals surface area (Å²) >= 11 is 0. The van der Waals surface area contributed by atoms with Gasteiger partial charge in [-0.2, -0.15) is 0 Å². The van der Waals surface area contributed by atoms with Gasteiger partial charge in [-0.05, 0) is 182 Å². The van der Waals surface area contributed by atoms with Gasteiger partial charge in [0.1, 0.15) is 5.60 Å². The number of rotatable bonds is 8. The second-order valence-electron chi connectivity index (χ2n) is 25.6. The van der Waals surface area contributed by atoms with Crippen LogP contribution in [0.25, 0.3) is 12.2 Å². The van der Waals surface area contributed by atoms with Crippen LogP contribution in [0.5, 0.6) is 0 Å². The zero-order chi connectivity index (χ0) is 47.8. The Balaban J connectivity index is 1.13. The van der Waals surface area contributed by atoms with Gasteiger partial charge in [0.25, 0.3) is 0 Å². The lowest BCUT2D eigenvalue weighted by Crippen LogP contribution is -2.85. The fourth-order valence-electron chi connectivity index (χ4n) is 21.4. The van der Waals surface area contributed by atoms with E-state index in [0.717, 1.165) is 67.4 Å². The maximum Gasteiger partial charge on any atom is 0.163 e. The van der Waals surface area contributed by atoms with E-state index >= 15 is 4.79 Å². The van der Waals surface area contributed by atoms with Gasteiger partial charge in [-0.1, -0.05) is 63.0 Å². The SMILES string of the molecule is COCCCC(=O)c1cc(C(C)O)cc2c1=CC1CCC34CCC5C(C)(C(O)CO)C(O)CCC5(C1C=2)C3C(=O)C=C1C2CC3(C)CCC#CC5(O)CCC(C6(O)C=CC7CCCC7(C3)C256)C14C. The van der Waals surface area contributed by atoms with Gasteiger partial charge in [-0.3, -0.25) is 9.59 Å². The molecule has 366 valence electrons. The first-order valence-electron chi connectivity index (χ1n) is 26.8. The summed E-state index contributed by atoms with van der Waals surface area (Å²) in [6.45, 7) is 8.50. The van der Waals surface area contributed by atoms with E-state index in [1.807, 2.05) is 19.1 Å². The maximum atomic E-state index is 16.6. The van der Waals surface area contributed by atoms with Crippen molar-refractivity contribution >= 4 is 23.7 Å². The molecule has 13 rings (SSSR count). The number of benzene rings is 1. The predicted molar refractivity (Wildman–Crippen MR) is 257 cm³/mol. The van der Waals surface area contributed by atoms with Crippen LogP contribution in [-0.2, 0) is 9.53 Å². The molecule has 1 aromatic rings. The summed E-state index contributed by atoms with van der Waals surface area (Å²) in [6, 6.07) is 3.88. The number of ketones is 2. The minimum atomic E-state index is -1.43. The number of carbonyl (C=O) groups is 2. The van der Waals surface area contributed by atoms with Crippen molar-refractivity contribution in [2.45, 2.75) is 166 Å². The Kier molecular flexibility index (Phi) is 10.1. The Morgan fingerprint density at radius 3 is 2.49 bits per heavy atom. The number of hydrogen-bond acceptors (Lipinski definition) is 9. The molecule has 68 heavy (non-hydrogen) atoms. The lowest BCUT2D eigenvalue weighted by atomic mass is 9.21. The van der Waals surface area contributed by atoms with E-state index in [4.69, 9.17) is 4.74 Å². The molecule has 0 heterocycles. The highest BCUT2D eigenvalue weighted by atomic mass is 16.5. The van der Waals surface area contributed by atoms with Crippen molar-refractivity contribution in [1.29, 1.82) is 0 Å². The number of aliphatic hydroxyl groups excluding tert-OH is 4. The lowest BCUT2D eigenvalue weighted by molar-refractivity contribution is -0.355. The van der Waals surface area contributed by atoms with Crippen LogP contribution >= 0.6 is 0 Å². The highest BCUT2D eigenvalue weighted by Crippen LogP contribution is 2.88. The Morgan fingerprint density at radius 1 is 0.941 bits per heavy atom. The average molecular weight is 929 g/mol. The first kappa shape index (κ1) is 46.2.